The highest BCUT2D eigenvalue weighted by atomic mass is 15.3. The van der Waals surface area contributed by atoms with Gasteiger partial charge in [-0.3, -0.25) is 4.68 Å². The number of aromatic nitrogens is 4. The van der Waals surface area contributed by atoms with Gasteiger partial charge >= 0.3 is 0 Å². The van der Waals surface area contributed by atoms with Gasteiger partial charge in [0, 0.05) is 19.8 Å². The van der Waals surface area contributed by atoms with E-state index in [1.54, 1.807) is 10.9 Å². The van der Waals surface area contributed by atoms with Gasteiger partial charge in [-0.25, -0.2) is 4.68 Å². The third kappa shape index (κ3) is 1.73. The number of nitrogens with one attached hydrogen (secondary N) is 1. The molecular weight excluding hydrogens is 204 g/mol. The van der Waals surface area contributed by atoms with Crippen molar-refractivity contribution in [2.75, 3.05) is 11.1 Å². The minimum atomic E-state index is 0.686. The zero-order valence-electron chi connectivity index (χ0n) is 9.73. The fourth-order valence-corrected chi connectivity index (χ4v) is 1.58. The van der Waals surface area contributed by atoms with Gasteiger partial charge < -0.3 is 11.1 Å². The summed E-state index contributed by atoms with van der Waals surface area (Å²) in [5.41, 5.74) is 8.39. The average Bonchev–Trinajstić information content (AvgIpc) is 2.77. The lowest BCUT2D eigenvalue weighted by Gasteiger charge is -2.06. The van der Waals surface area contributed by atoms with Crippen LogP contribution < -0.4 is 11.1 Å². The summed E-state index contributed by atoms with van der Waals surface area (Å²) in [4.78, 5) is 0. The van der Waals surface area contributed by atoms with Gasteiger partial charge in [-0.15, -0.1) is 0 Å². The van der Waals surface area contributed by atoms with Crippen molar-refractivity contribution < 1.29 is 0 Å². The molecule has 2 heterocycles. The van der Waals surface area contributed by atoms with E-state index in [9.17, 15) is 0 Å². The second kappa shape index (κ2) is 3.88. The van der Waals surface area contributed by atoms with Crippen LogP contribution in [-0.2, 0) is 13.6 Å². The molecule has 2 rings (SSSR count). The highest BCUT2D eigenvalue weighted by Gasteiger charge is 2.11. The van der Waals surface area contributed by atoms with E-state index in [-0.39, 0.29) is 0 Å². The molecule has 0 aliphatic heterocycles. The molecule has 6 nitrogen and oxygen atoms in total. The fraction of sp³-hybridized carbons (Fsp3) is 0.400. The predicted molar refractivity (Wildman–Crippen MR) is 63.5 cm³/mol. The van der Waals surface area contributed by atoms with Crippen molar-refractivity contribution in [3.63, 3.8) is 0 Å². The number of nitrogens with two attached hydrogens (primary N) is 1. The molecule has 0 aromatic carbocycles. The quantitative estimate of drug-likeness (QED) is 0.817. The molecule has 0 unspecified atom stereocenters. The Kier molecular flexibility index (Phi) is 2.55. The minimum absolute atomic E-state index is 0.686. The Morgan fingerprint density at radius 3 is 2.81 bits per heavy atom. The second-order valence-electron chi connectivity index (χ2n) is 3.69. The molecule has 0 aliphatic rings. The van der Waals surface area contributed by atoms with E-state index in [2.05, 4.69) is 15.5 Å². The lowest BCUT2D eigenvalue weighted by Crippen LogP contribution is -2.03. The lowest BCUT2D eigenvalue weighted by atomic mass is 10.4. The van der Waals surface area contributed by atoms with Crippen LogP contribution in [0.3, 0.4) is 0 Å². The molecule has 0 aliphatic carbocycles. The van der Waals surface area contributed by atoms with Gasteiger partial charge in [-0.1, -0.05) is 0 Å². The van der Waals surface area contributed by atoms with Gasteiger partial charge in [-0.05, 0) is 13.8 Å². The third-order valence-electron chi connectivity index (χ3n) is 2.44. The predicted octanol–water partition coefficient (Wildman–Crippen LogP) is 1.27. The Hall–Kier alpha value is -1.98. The van der Waals surface area contributed by atoms with Crippen molar-refractivity contribution in [2.24, 2.45) is 7.05 Å². The first-order chi connectivity index (χ1) is 7.61. The van der Waals surface area contributed by atoms with Crippen LogP contribution in [0.1, 0.15) is 12.6 Å². The topological polar surface area (TPSA) is 73.7 Å². The van der Waals surface area contributed by atoms with Crippen molar-refractivity contribution >= 4 is 17.2 Å². The summed E-state index contributed by atoms with van der Waals surface area (Å²) in [5, 5.41) is 11.6. The molecule has 0 amide bonds. The van der Waals surface area contributed by atoms with E-state index in [1.165, 1.54) is 0 Å². The molecule has 86 valence electrons. The number of hydrogen-bond donors (Lipinski definition) is 2. The highest BCUT2D eigenvalue weighted by Crippen LogP contribution is 2.25. The van der Waals surface area contributed by atoms with Crippen molar-refractivity contribution in [3.8, 4) is 0 Å². The van der Waals surface area contributed by atoms with Crippen molar-refractivity contribution in [2.45, 2.75) is 20.4 Å². The fourth-order valence-electron chi connectivity index (χ4n) is 1.58. The number of nitrogen functional groups attached to an aromatic ring is 1. The zero-order valence-corrected chi connectivity index (χ0v) is 9.73. The van der Waals surface area contributed by atoms with Crippen LogP contribution in [0.15, 0.2) is 12.4 Å². The van der Waals surface area contributed by atoms with Crippen molar-refractivity contribution in [1.29, 1.82) is 0 Å². The Bertz CT molecular complexity index is 495. The first-order valence-electron chi connectivity index (χ1n) is 5.20. The monoisotopic (exact) mass is 220 g/mol. The Morgan fingerprint density at radius 1 is 1.50 bits per heavy atom. The van der Waals surface area contributed by atoms with Gasteiger partial charge in [-0.2, -0.15) is 10.2 Å². The van der Waals surface area contributed by atoms with Crippen molar-refractivity contribution in [3.05, 3.63) is 18.1 Å². The van der Waals surface area contributed by atoms with E-state index in [0.717, 1.165) is 23.7 Å². The van der Waals surface area contributed by atoms with Crippen LogP contribution in [0.2, 0.25) is 0 Å². The lowest BCUT2D eigenvalue weighted by molar-refractivity contribution is 0.661. The van der Waals surface area contributed by atoms with E-state index in [1.807, 2.05) is 31.8 Å². The molecule has 0 spiro atoms. The van der Waals surface area contributed by atoms with E-state index in [4.69, 9.17) is 5.73 Å². The molecule has 0 radical (unpaired) electrons. The first-order valence-corrected chi connectivity index (χ1v) is 5.20. The average molecular weight is 220 g/mol. The van der Waals surface area contributed by atoms with E-state index < -0.39 is 0 Å². The van der Waals surface area contributed by atoms with E-state index >= 15 is 0 Å². The maximum absolute atomic E-state index is 5.96. The smallest absolute Gasteiger partial charge is 0.152 e. The second-order valence-corrected chi connectivity index (χ2v) is 3.69. The summed E-state index contributed by atoms with van der Waals surface area (Å²) in [6, 6.07) is 0. The molecule has 2 aromatic rings. The summed E-state index contributed by atoms with van der Waals surface area (Å²) in [5.74, 6) is 0.827. The minimum Gasteiger partial charge on any atom is -0.394 e. The molecule has 0 atom stereocenters. The number of aryl methyl sites for hydroxylation is 3. The van der Waals surface area contributed by atoms with Crippen LogP contribution in [0.25, 0.3) is 0 Å². The van der Waals surface area contributed by atoms with Gasteiger partial charge in [0.25, 0.3) is 0 Å². The number of anilines is 3. The van der Waals surface area contributed by atoms with E-state index in [0.29, 0.717) is 5.69 Å². The van der Waals surface area contributed by atoms with Crippen molar-refractivity contribution in [1.82, 2.24) is 19.6 Å². The largest absolute Gasteiger partial charge is 0.394 e. The first kappa shape index (κ1) is 10.5. The molecule has 16 heavy (non-hydrogen) atoms. The standard InChI is InChI=1S/C10H16N6/c1-4-16-10(9(11)7(2)14-16)13-8-5-12-15(3)6-8/h5-6,13H,4,11H2,1-3H3. The molecule has 0 saturated carbocycles. The SMILES string of the molecule is CCn1nc(C)c(N)c1Nc1cnn(C)c1. The molecule has 3 N–H and O–H groups in total. The van der Waals surface area contributed by atoms with Crippen LogP contribution in [0.4, 0.5) is 17.2 Å². The van der Waals surface area contributed by atoms with Gasteiger partial charge in [0.05, 0.1) is 23.3 Å². The third-order valence-corrected chi connectivity index (χ3v) is 2.44. The normalized spacial score (nSPS) is 10.7. The summed E-state index contributed by atoms with van der Waals surface area (Å²) in [6.45, 7) is 4.71. The summed E-state index contributed by atoms with van der Waals surface area (Å²) in [7, 11) is 1.87. The van der Waals surface area contributed by atoms with Crippen LogP contribution >= 0.6 is 0 Å². The number of nitrogens with zero attached hydrogens (tertiary/aromatic N) is 4. The Balaban J connectivity index is 2.33. The Labute approximate surface area is 94.1 Å². The molecule has 2 aromatic heterocycles. The van der Waals surface area contributed by atoms with Gasteiger partial charge in [0.15, 0.2) is 5.82 Å². The van der Waals surface area contributed by atoms with Crippen LogP contribution in [-0.4, -0.2) is 19.6 Å². The number of hydrogen-bond acceptors (Lipinski definition) is 4. The summed E-state index contributed by atoms with van der Waals surface area (Å²) < 4.78 is 3.58. The highest BCUT2D eigenvalue weighted by molar-refractivity contribution is 5.70. The molecule has 6 heteroatoms. The maximum Gasteiger partial charge on any atom is 0.152 e. The molecule has 0 fully saturated rings. The maximum atomic E-state index is 5.96. The molecule has 0 bridgehead atoms. The Morgan fingerprint density at radius 2 is 2.25 bits per heavy atom. The van der Waals surface area contributed by atoms with Crippen LogP contribution in [0.5, 0.6) is 0 Å². The zero-order chi connectivity index (χ0) is 11.7. The van der Waals surface area contributed by atoms with Crippen LogP contribution in [0, 0.1) is 6.92 Å². The molecule has 0 saturated heterocycles. The van der Waals surface area contributed by atoms with Gasteiger partial charge in [0.2, 0.25) is 0 Å². The molecular formula is C10H16N6. The number of rotatable bonds is 3. The summed E-state index contributed by atoms with van der Waals surface area (Å²) in [6.07, 6.45) is 3.64. The summed E-state index contributed by atoms with van der Waals surface area (Å²) >= 11 is 0. The van der Waals surface area contributed by atoms with Gasteiger partial charge in [0.1, 0.15) is 0 Å².